The summed E-state index contributed by atoms with van der Waals surface area (Å²) in [6.07, 6.45) is 0.785. The third-order valence-corrected chi connectivity index (χ3v) is 4.03. The minimum absolute atomic E-state index is 0.104. The van der Waals surface area contributed by atoms with E-state index in [9.17, 15) is 4.79 Å². The van der Waals surface area contributed by atoms with Gasteiger partial charge in [0.1, 0.15) is 0 Å². The second kappa shape index (κ2) is 4.55. The van der Waals surface area contributed by atoms with Gasteiger partial charge in [0, 0.05) is 11.4 Å². The molecule has 1 saturated heterocycles. The fourth-order valence-electron chi connectivity index (χ4n) is 2.30. The Bertz CT molecular complexity index is 361. The van der Waals surface area contributed by atoms with Gasteiger partial charge in [-0.25, -0.2) is 0 Å². The van der Waals surface area contributed by atoms with Crippen LogP contribution in [0.1, 0.15) is 31.2 Å². The first-order chi connectivity index (χ1) is 7.61. The van der Waals surface area contributed by atoms with E-state index in [2.05, 4.69) is 25.3 Å². The molecule has 88 valence electrons. The van der Waals surface area contributed by atoms with Crippen molar-refractivity contribution in [2.24, 2.45) is 11.7 Å². The maximum absolute atomic E-state index is 12.0. The van der Waals surface area contributed by atoms with Gasteiger partial charge >= 0.3 is 0 Å². The Morgan fingerprint density at radius 3 is 2.75 bits per heavy atom. The van der Waals surface area contributed by atoms with Gasteiger partial charge in [0.25, 0.3) is 0 Å². The molecule has 1 fully saturated rings. The van der Waals surface area contributed by atoms with Crippen LogP contribution in [0.5, 0.6) is 0 Å². The standard InChI is InChI=1S/C12H18N2OS/c1-8(2)11(10-4-3-7-16-10)14-6-5-9(13)12(14)15/h3-4,7-9,11H,5-6,13H2,1-2H3. The molecule has 2 N–H and O–H groups in total. The van der Waals surface area contributed by atoms with E-state index in [0.29, 0.717) is 5.92 Å². The van der Waals surface area contributed by atoms with Gasteiger partial charge in [-0.05, 0) is 23.8 Å². The molecule has 1 aromatic heterocycles. The Morgan fingerprint density at radius 1 is 1.56 bits per heavy atom. The summed E-state index contributed by atoms with van der Waals surface area (Å²) in [6, 6.07) is 4.05. The van der Waals surface area contributed by atoms with Crippen molar-refractivity contribution in [3.8, 4) is 0 Å². The summed E-state index contributed by atoms with van der Waals surface area (Å²) in [7, 11) is 0. The van der Waals surface area contributed by atoms with Gasteiger partial charge in [0.2, 0.25) is 5.91 Å². The lowest BCUT2D eigenvalue weighted by Gasteiger charge is -2.30. The molecule has 2 unspecified atom stereocenters. The fourth-order valence-corrected chi connectivity index (χ4v) is 3.31. The van der Waals surface area contributed by atoms with Gasteiger partial charge in [-0.3, -0.25) is 4.79 Å². The predicted octanol–water partition coefficient (Wildman–Crippen LogP) is 2.00. The summed E-state index contributed by atoms with van der Waals surface area (Å²) in [6.45, 7) is 5.10. The normalized spacial score (nSPS) is 23.1. The van der Waals surface area contributed by atoms with E-state index in [4.69, 9.17) is 5.73 Å². The summed E-state index contributed by atoms with van der Waals surface area (Å²) in [5.41, 5.74) is 5.77. The van der Waals surface area contributed by atoms with Crippen molar-refractivity contribution >= 4 is 17.2 Å². The molecular formula is C12H18N2OS. The molecule has 0 bridgehead atoms. The second-order valence-corrected chi connectivity index (χ2v) is 5.61. The molecule has 0 spiro atoms. The molecule has 1 aliphatic heterocycles. The number of likely N-dealkylation sites (tertiary alicyclic amines) is 1. The Morgan fingerprint density at radius 2 is 2.31 bits per heavy atom. The number of hydrogen-bond donors (Lipinski definition) is 1. The summed E-state index contributed by atoms with van der Waals surface area (Å²) < 4.78 is 0. The molecule has 0 saturated carbocycles. The molecule has 1 aliphatic rings. The maximum atomic E-state index is 12.0. The Labute approximate surface area is 100 Å². The molecule has 0 radical (unpaired) electrons. The molecule has 16 heavy (non-hydrogen) atoms. The van der Waals surface area contributed by atoms with E-state index >= 15 is 0 Å². The lowest BCUT2D eigenvalue weighted by atomic mass is 10.0. The maximum Gasteiger partial charge on any atom is 0.240 e. The van der Waals surface area contributed by atoms with Crippen LogP contribution in [0.4, 0.5) is 0 Å². The summed E-state index contributed by atoms with van der Waals surface area (Å²) >= 11 is 1.71. The van der Waals surface area contributed by atoms with Crippen molar-refractivity contribution in [1.82, 2.24) is 4.90 Å². The molecule has 0 aliphatic carbocycles. The summed E-state index contributed by atoms with van der Waals surface area (Å²) in [5, 5.41) is 2.06. The van der Waals surface area contributed by atoms with Gasteiger partial charge in [0.05, 0.1) is 12.1 Å². The minimum atomic E-state index is -0.291. The predicted molar refractivity (Wildman–Crippen MR) is 66.2 cm³/mol. The Balaban J connectivity index is 2.24. The first-order valence-corrected chi connectivity index (χ1v) is 6.58. The number of amides is 1. The number of hydrogen-bond acceptors (Lipinski definition) is 3. The fraction of sp³-hybridized carbons (Fsp3) is 0.583. The zero-order valence-corrected chi connectivity index (χ0v) is 10.5. The first-order valence-electron chi connectivity index (χ1n) is 5.70. The third kappa shape index (κ3) is 1.99. The number of thiophene rings is 1. The zero-order chi connectivity index (χ0) is 11.7. The van der Waals surface area contributed by atoms with Gasteiger partial charge in [-0.2, -0.15) is 0 Å². The molecule has 2 atom stereocenters. The highest BCUT2D eigenvalue weighted by atomic mass is 32.1. The molecule has 2 rings (SSSR count). The Kier molecular flexibility index (Phi) is 3.30. The monoisotopic (exact) mass is 238 g/mol. The van der Waals surface area contributed by atoms with E-state index in [1.807, 2.05) is 11.0 Å². The molecule has 2 heterocycles. The van der Waals surface area contributed by atoms with Crippen LogP contribution in [-0.2, 0) is 4.79 Å². The van der Waals surface area contributed by atoms with E-state index in [1.165, 1.54) is 4.88 Å². The van der Waals surface area contributed by atoms with Crippen LogP contribution < -0.4 is 5.73 Å². The highest BCUT2D eigenvalue weighted by Gasteiger charge is 2.36. The molecular weight excluding hydrogens is 220 g/mol. The zero-order valence-electron chi connectivity index (χ0n) is 9.72. The number of nitrogens with zero attached hydrogens (tertiary/aromatic N) is 1. The van der Waals surface area contributed by atoms with E-state index in [1.54, 1.807) is 11.3 Å². The number of carbonyl (C=O) groups is 1. The SMILES string of the molecule is CC(C)C(c1cccs1)N1CCC(N)C1=O. The Hall–Kier alpha value is -0.870. The van der Waals surface area contributed by atoms with E-state index in [-0.39, 0.29) is 18.0 Å². The van der Waals surface area contributed by atoms with E-state index in [0.717, 1.165) is 13.0 Å². The summed E-state index contributed by atoms with van der Waals surface area (Å²) in [5.74, 6) is 0.528. The average molecular weight is 238 g/mol. The smallest absolute Gasteiger partial charge is 0.240 e. The van der Waals surface area contributed by atoms with Crippen molar-refractivity contribution in [3.63, 3.8) is 0 Å². The third-order valence-electron chi connectivity index (χ3n) is 3.08. The van der Waals surface area contributed by atoms with Crippen LogP contribution in [0.25, 0.3) is 0 Å². The molecule has 0 aromatic carbocycles. The second-order valence-electron chi connectivity index (χ2n) is 4.63. The van der Waals surface area contributed by atoms with Crippen molar-refractivity contribution < 1.29 is 4.79 Å². The minimum Gasteiger partial charge on any atom is -0.333 e. The van der Waals surface area contributed by atoms with Gasteiger partial charge in [-0.1, -0.05) is 19.9 Å². The first kappa shape index (κ1) is 11.6. The lowest BCUT2D eigenvalue weighted by molar-refractivity contribution is -0.131. The number of nitrogens with two attached hydrogens (primary N) is 1. The van der Waals surface area contributed by atoms with Crippen molar-refractivity contribution in [2.45, 2.75) is 32.4 Å². The molecule has 1 amide bonds. The van der Waals surface area contributed by atoms with Crippen LogP contribution >= 0.6 is 11.3 Å². The number of carbonyl (C=O) groups excluding carboxylic acids is 1. The van der Waals surface area contributed by atoms with Gasteiger partial charge in [0.15, 0.2) is 0 Å². The number of rotatable bonds is 3. The van der Waals surface area contributed by atoms with Crippen LogP contribution in [-0.4, -0.2) is 23.4 Å². The largest absolute Gasteiger partial charge is 0.333 e. The average Bonchev–Trinajstić information content (AvgIpc) is 2.83. The van der Waals surface area contributed by atoms with Crippen LogP contribution in [0.15, 0.2) is 17.5 Å². The van der Waals surface area contributed by atoms with Crippen LogP contribution in [0, 0.1) is 5.92 Å². The molecule has 4 heteroatoms. The summed E-state index contributed by atoms with van der Waals surface area (Å²) in [4.78, 5) is 15.2. The lowest BCUT2D eigenvalue weighted by Crippen LogP contribution is -2.38. The highest BCUT2D eigenvalue weighted by Crippen LogP contribution is 2.34. The van der Waals surface area contributed by atoms with Gasteiger partial charge in [-0.15, -0.1) is 11.3 Å². The van der Waals surface area contributed by atoms with Crippen molar-refractivity contribution in [2.75, 3.05) is 6.54 Å². The topological polar surface area (TPSA) is 46.3 Å². The highest BCUT2D eigenvalue weighted by molar-refractivity contribution is 7.10. The van der Waals surface area contributed by atoms with Crippen molar-refractivity contribution in [3.05, 3.63) is 22.4 Å². The van der Waals surface area contributed by atoms with E-state index < -0.39 is 0 Å². The van der Waals surface area contributed by atoms with Gasteiger partial charge < -0.3 is 10.6 Å². The van der Waals surface area contributed by atoms with Crippen LogP contribution in [0.3, 0.4) is 0 Å². The quantitative estimate of drug-likeness (QED) is 0.875. The molecule has 1 aromatic rings. The van der Waals surface area contributed by atoms with Crippen LogP contribution in [0.2, 0.25) is 0 Å². The molecule has 3 nitrogen and oxygen atoms in total. The van der Waals surface area contributed by atoms with Crippen molar-refractivity contribution in [1.29, 1.82) is 0 Å².